The topological polar surface area (TPSA) is 311 Å². The van der Waals surface area contributed by atoms with Gasteiger partial charge in [-0.1, -0.05) is 52.9 Å². The predicted octanol–water partition coefficient (Wildman–Crippen LogP) is 2.29. The van der Waals surface area contributed by atoms with Crippen molar-refractivity contribution in [2.24, 2.45) is 5.11 Å². The Morgan fingerprint density at radius 1 is 0.268 bits per heavy atom. The van der Waals surface area contributed by atoms with Crippen molar-refractivity contribution < 1.29 is 140 Å². The molecule has 486 valence electrons. The van der Waals surface area contributed by atoms with Crippen molar-refractivity contribution in [3.8, 4) is 0 Å². The van der Waals surface area contributed by atoms with Gasteiger partial charge in [0.1, 0.15) is 0 Å². The van der Waals surface area contributed by atoms with Gasteiger partial charge in [0, 0.05) is 27.4 Å². The second-order valence-electron chi connectivity index (χ2n) is 14.6. The molecule has 0 aromatic rings. The maximum atomic E-state index is 9.96. The number of ether oxygens (including phenoxy) is 22. The molecule has 0 N–H and O–H groups in total. The van der Waals surface area contributed by atoms with Gasteiger partial charge in [-0.2, -0.15) is 0 Å². The second-order valence-corrected chi connectivity index (χ2v) is 17.0. The molecule has 0 aliphatic rings. The molecule has 0 saturated heterocycles. The summed E-state index contributed by atoms with van der Waals surface area (Å²) in [7, 11) is -1.00. The standard InChI is InChI=1S/C24H48Br2O11.C24H48BrN3O11.CH3F.N3.Na/c25-1-3-27-5-7-29-9-11-31-13-15-33-17-19-35-21-23-37-24-22-36-20-18-34-16-14-32-12-10-30-8-6-28-4-2-26;25-1-3-29-5-7-31-9-11-33-13-15-35-17-19-37-21-23-39-24-22-38-20-18-36-16-14-34-12-10-32-8-6-30-4-2-27-28-26;1-2;1-3-2;/h1-24H2;1-24H2;1H3;;/q;;;-1;+1/i;;1D;;. The summed E-state index contributed by atoms with van der Waals surface area (Å²) < 4.78 is 134. The van der Waals surface area contributed by atoms with E-state index in [0.29, 0.717) is 297 Å². The number of rotatable bonds is 69. The first-order valence-corrected chi connectivity index (χ1v) is 30.3. The molecule has 0 saturated carbocycles. The zero-order valence-corrected chi connectivity index (χ0v) is 55.6. The van der Waals surface area contributed by atoms with E-state index in [1.165, 1.54) is 4.91 Å². The monoisotopic (exact) mass is 1400 g/mol. The van der Waals surface area contributed by atoms with Crippen molar-refractivity contribution in [3.63, 3.8) is 0 Å². The summed E-state index contributed by atoms with van der Waals surface area (Å²) in [5.74, 6) is 0. The van der Waals surface area contributed by atoms with Crippen LogP contribution in [0.25, 0.3) is 26.4 Å². The molecule has 0 atom stereocenters. The molecule has 0 amide bonds. The second kappa shape index (κ2) is 97.4. The Labute approximate surface area is 535 Å². The molecule has 0 bridgehead atoms. The minimum absolute atomic E-state index is 0. The van der Waals surface area contributed by atoms with Crippen molar-refractivity contribution >= 4 is 47.8 Å². The number of hydrogen-bond acceptors (Lipinski definition) is 23. The fraction of sp³-hybridized carbons (Fsp3) is 1.00. The molecule has 0 unspecified atom stereocenters. The Hall–Kier alpha value is 0.110. The van der Waals surface area contributed by atoms with Gasteiger partial charge in [-0.25, -0.2) is 0 Å². The van der Waals surface area contributed by atoms with Crippen LogP contribution in [0.4, 0.5) is 4.39 Å². The van der Waals surface area contributed by atoms with E-state index in [1.807, 2.05) is 0 Å². The molecule has 0 aromatic heterocycles. The molecule has 0 aliphatic heterocycles. The molecule has 0 rings (SSSR count). The van der Waals surface area contributed by atoms with Gasteiger partial charge in [0.05, 0.1) is 299 Å². The smallest absolute Gasteiger partial charge is 0.379 e. The zero-order chi connectivity index (χ0) is 60.3. The van der Waals surface area contributed by atoms with Gasteiger partial charge in [0.2, 0.25) is 0 Å². The quantitative estimate of drug-likeness (QED) is 0.0211. The predicted molar refractivity (Wildman–Crippen MR) is 311 cm³/mol. The third-order valence-electron chi connectivity index (χ3n) is 8.50. The Morgan fingerprint density at radius 3 is 0.463 bits per heavy atom. The molecule has 0 spiro atoms. The van der Waals surface area contributed by atoms with Crippen LogP contribution < -0.4 is 29.6 Å². The van der Waals surface area contributed by atoms with Crippen molar-refractivity contribution in [2.45, 2.75) is 0 Å². The van der Waals surface area contributed by atoms with Crippen molar-refractivity contribution in [2.75, 3.05) is 320 Å². The van der Waals surface area contributed by atoms with Crippen LogP contribution in [0.15, 0.2) is 5.11 Å². The first kappa shape index (κ1) is 88.5. The van der Waals surface area contributed by atoms with Gasteiger partial charge in [-0.15, -0.1) is 0 Å². The largest absolute Gasteiger partial charge is 1.00 e. The molecular formula is C49H99Br3FN6NaO22. The summed E-state index contributed by atoms with van der Waals surface area (Å²) in [6, 6.07) is 0. The van der Waals surface area contributed by atoms with Gasteiger partial charge in [0.25, 0.3) is 0 Å². The van der Waals surface area contributed by atoms with Gasteiger partial charge < -0.3 is 115 Å². The molecule has 0 heterocycles. The molecule has 0 aromatic carbocycles. The van der Waals surface area contributed by atoms with Crippen LogP contribution in [0.2, 0.25) is 0 Å². The van der Waals surface area contributed by atoms with Crippen molar-refractivity contribution in [1.82, 2.24) is 0 Å². The van der Waals surface area contributed by atoms with Crippen molar-refractivity contribution in [3.05, 3.63) is 26.4 Å². The van der Waals surface area contributed by atoms with E-state index >= 15 is 0 Å². The van der Waals surface area contributed by atoms with Crippen LogP contribution in [-0.4, -0.2) is 320 Å². The first-order chi connectivity index (χ1) is 40.7. The summed E-state index contributed by atoms with van der Waals surface area (Å²) in [6.07, 6.45) is 0. The van der Waals surface area contributed by atoms with Crippen LogP contribution in [0.1, 0.15) is 1.37 Å². The van der Waals surface area contributed by atoms with E-state index < -0.39 is 7.15 Å². The third-order valence-corrected chi connectivity index (χ3v) is 9.47. The van der Waals surface area contributed by atoms with E-state index in [4.69, 9.17) is 122 Å². The van der Waals surface area contributed by atoms with E-state index in [1.54, 1.807) is 0 Å². The fourth-order valence-corrected chi connectivity index (χ4v) is 5.60. The minimum atomic E-state index is -1.00. The van der Waals surface area contributed by atoms with Crippen molar-refractivity contribution in [1.29, 1.82) is 0 Å². The minimum Gasteiger partial charge on any atom is -0.379 e. The van der Waals surface area contributed by atoms with E-state index in [2.05, 4.69) is 57.8 Å². The number of azide groups is 1. The summed E-state index contributed by atoms with van der Waals surface area (Å²) in [6.45, 7) is 24.1. The summed E-state index contributed by atoms with van der Waals surface area (Å²) >= 11 is 9.89. The Balaban J connectivity index is -0.000000441. The molecule has 0 aliphatic carbocycles. The van der Waals surface area contributed by atoms with Gasteiger partial charge >= 0.3 is 29.6 Å². The zero-order valence-electron chi connectivity index (χ0n) is 49.8. The van der Waals surface area contributed by atoms with E-state index in [0.717, 1.165) is 16.0 Å². The van der Waals surface area contributed by atoms with Gasteiger partial charge in [-0.3, -0.25) is 9.30 Å². The van der Waals surface area contributed by atoms with Gasteiger partial charge in [-0.05, 0) is 5.53 Å². The average Bonchev–Trinajstić information content (AvgIpc) is 3.48. The fourth-order valence-electron chi connectivity index (χ4n) is 4.92. The molecule has 28 nitrogen and oxygen atoms in total. The molecular weight excluding hydrogens is 1310 g/mol. The normalized spacial score (nSPS) is 10.9. The molecule has 82 heavy (non-hydrogen) atoms. The SMILES string of the molecule is BrCCOCCOCCOCCOCCOCCOCCOCCOCCOCCOCCOCCBr.[2H]CF.[N-]=[N+]=NCCOCCOCCOCCOCCOCCOCCOCCOCCOCCOCCOCCBr.[N-]=[N+]=[N-].[Na+]. The third kappa shape index (κ3) is 102. The van der Waals surface area contributed by atoms with Crippen LogP contribution in [0, 0.1) is 0 Å². The average molecular weight is 1410 g/mol. The summed E-state index contributed by atoms with van der Waals surface area (Å²) in [4.78, 5) is 4.14. The Morgan fingerprint density at radius 2 is 0.366 bits per heavy atom. The summed E-state index contributed by atoms with van der Waals surface area (Å²) in [5.41, 5.74) is 21.6. The molecule has 0 radical (unpaired) electrons. The number of alkyl halides is 4. The molecule has 33 heteroatoms. The summed E-state index contributed by atoms with van der Waals surface area (Å²) in [5, 5.41) is 5.88. The number of halogens is 4. The van der Waals surface area contributed by atoms with E-state index in [9.17, 15) is 4.39 Å². The van der Waals surface area contributed by atoms with Crippen LogP contribution >= 0.6 is 47.8 Å². The maximum Gasteiger partial charge on any atom is 1.00 e. The Kier molecular flexibility index (Phi) is 105. The van der Waals surface area contributed by atoms with E-state index in [-0.39, 0.29) is 29.6 Å². The van der Waals surface area contributed by atoms with Crippen LogP contribution in [-0.2, 0) is 104 Å². The Bertz CT molecular complexity index is 1170. The van der Waals surface area contributed by atoms with Crippen LogP contribution in [0.5, 0.6) is 0 Å². The van der Waals surface area contributed by atoms with Gasteiger partial charge in [0.15, 0.2) is 0 Å². The maximum absolute atomic E-state index is 9.96. The number of hydrogen-bond donors (Lipinski definition) is 0. The number of nitrogens with zero attached hydrogens (tertiary/aromatic N) is 6. The first-order valence-electron chi connectivity index (χ1n) is 27.6. The van der Waals surface area contributed by atoms with Crippen LogP contribution in [0.3, 0.4) is 0 Å². The molecule has 0 fully saturated rings.